The van der Waals surface area contributed by atoms with Gasteiger partial charge in [0.15, 0.2) is 6.29 Å². The average molecular weight is 129 g/mol. The standard InChI is InChI=1S/C7H13O2/c1-6(8)9-7-4-2-3-5-7/h6-8H,1-5H2. The highest BCUT2D eigenvalue weighted by Crippen LogP contribution is 2.21. The Bertz CT molecular complexity index is 75.0. The van der Waals surface area contributed by atoms with Gasteiger partial charge in [0.2, 0.25) is 0 Å². The number of ether oxygens (including phenoxy) is 1. The highest BCUT2D eigenvalue weighted by molar-refractivity contribution is 4.67. The van der Waals surface area contributed by atoms with Gasteiger partial charge in [-0.1, -0.05) is 12.8 Å². The Kier molecular flexibility index (Phi) is 2.49. The topological polar surface area (TPSA) is 29.5 Å². The van der Waals surface area contributed by atoms with Crippen LogP contribution >= 0.6 is 0 Å². The summed E-state index contributed by atoms with van der Waals surface area (Å²) in [6.45, 7) is 3.34. The fourth-order valence-corrected chi connectivity index (χ4v) is 1.25. The van der Waals surface area contributed by atoms with Gasteiger partial charge in [-0.3, -0.25) is 0 Å². The number of hydrogen-bond acceptors (Lipinski definition) is 2. The number of aliphatic hydroxyl groups is 1. The fourth-order valence-electron chi connectivity index (χ4n) is 1.25. The zero-order chi connectivity index (χ0) is 6.69. The normalized spacial score (nSPS) is 24.7. The third kappa shape index (κ3) is 2.33. The van der Waals surface area contributed by atoms with Crippen molar-refractivity contribution in [3.63, 3.8) is 0 Å². The van der Waals surface area contributed by atoms with Crippen LogP contribution in [0.15, 0.2) is 0 Å². The molecule has 1 saturated carbocycles. The van der Waals surface area contributed by atoms with Gasteiger partial charge in [-0.15, -0.1) is 0 Å². The second-order valence-electron chi connectivity index (χ2n) is 2.50. The summed E-state index contributed by atoms with van der Waals surface area (Å²) < 4.78 is 5.06. The van der Waals surface area contributed by atoms with Crippen LogP contribution in [0.25, 0.3) is 0 Å². The molecule has 0 amide bonds. The molecule has 1 fully saturated rings. The Morgan fingerprint density at radius 2 is 2.00 bits per heavy atom. The monoisotopic (exact) mass is 129 g/mol. The second kappa shape index (κ2) is 3.18. The van der Waals surface area contributed by atoms with Crippen molar-refractivity contribution in [2.45, 2.75) is 38.1 Å². The van der Waals surface area contributed by atoms with E-state index in [1.165, 1.54) is 12.8 Å². The molecule has 1 aliphatic rings. The minimum absolute atomic E-state index is 0.275. The predicted molar refractivity (Wildman–Crippen MR) is 34.7 cm³/mol. The molecule has 0 bridgehead atoms. The minimum atomic E-state index is -0.826. The van der Waals surface area contributed by atoms with Crippen molar-refractivity contribution in [2.24, 2.45) is 0 Å². The molecule has 1 radical (unpaired) electrons. The molecule has 0 saturated heterocycles. The molecule has 0 heterocycles. The van der Waals surface area contributed by atoms with Crippen molar-refractivity contribution in [3.05, 3.63) is 6.92 Å². The van der Waals surface area contributed by atoms with Crippen molar-refractivity contribution in [2.75, 3.05) is 0 Å². The Morgan fingerprint density at radius 3 is 2.44 bits per heavy atom. The van der Waals surface area contributed by atoms with Crippen LogP contribution < -0.4 is 0 Å². The molecule has 9 heavy (non-hydrogen) atoms. The van der Waals surface area contributed by atoms with Gasteiger partial charge in [-0.25, -0.2) is 0 Å². The number of rotatable bonds is 2. The van der Waals surface area contributed by atoms with Crippen molar-refractivity contribution >= 4 is 0 Å². The van der Waals surface area contributed by atoms with E-state index < -0.39 is 6.29 Å². The van der Waals surface area contributed by atoms with Gasteiger partial charge in [-0.2, -0.15) is 0 Å². The number of hydrogen-bond donors (Lipinski definition) is 1. The van der Waals surface area contributed by atoms with Gasteiger partial charge in [0.05, 0.1) is 6.10 Å². The fraction of sp³-hybridized carbons (Fsp3) is 0.857. The molecule has 0 aliphatic heterocycles. The van der Waals surface area contributed by atoms with Crippen molar-refractivity contribution in [1.29, 1.82) is 0 Å². The molecule has 2 heteroatoms. The lowest BCUT2D eigenvalue weighted by Gasteiger charge is -2.12. The molecule has 0 aromatic carbocycles. The minimum Gasteiger partial charge on any atom is -0.368 e. The van der Waals surface area contributed by atoms with Gasteiger partial charge < -0.3 is 9.84 Å². The van der Waals surface area contributed by atoms with E-state index in [0.29, 0.717) is 0 Å². The maximum Gasteiger partial charge on any atom is 0.155 e. The van der Waals surface area contributed by atoms with E-state index in [2.05, 4.69) is 6.92 Å². The Labute approximate surface area is 55.8 Å². The van der Waals surface area contributed by atoms with E-state index in [1.807, 2.05) is 0 Å². The molecule has 53 valence electrons. The lowest BCUT2D eigenvalue weighted by molar-refractivity contribution is -0.104. The molecule has 0 spiro atoms. The maximum absolute atomic E-state index is 8.68. The zero-order valence-corrected chi connectivity index (χ0v) is 5.55. The van der Waals surface area contributed by atoms with Crippen LogP contribution in [-0.2, 0) is 4.74 Å². The Balaban J connectivity index is 2.11. The van der Waals surface area contributed by atoms with Gasteiger partial charge in [-0.05, 0) is 12.8 Å². The molecular formula is C7H13O2. The van der Waals surface area contributed by atoms with Crippen LogP contribution in [0.4, 0.5) is 0 Å². The third-order valence-electron chi connectivity index (χ3n) is 1.65. The first kappa shape index (κ1) is 7.03. The van der Waals surface area contributed by atoms with E-state index in [1.54, 1.807) is 0 Å². The second-order valence-corrected chi connectivity index (χ2v) is 2.50. The summed E-state index contributed by atoms with van der Waals surface area (Å²) in [5.41, 5.74) is 0. The molecule has 1 aliphatic carbocycles. The van der Waals surface area contributed by atoms with Gasteiger partial charge in [0.25, 0.3) is 0 Å². The van der Waals surface area contributed by atoms with E-state index in [9.17, 15) is 0 Å². The van der Waals surface area contributed by atoms with E-state index in [-0.39, 0.29) is 6.10 Å². The largest absolute Gasteiger partial charge is 0.368 e. The maximum atomic E-state index is 8.68. The molecule has 1 rings (SSSR count). The summed E-state index contributed by atoms with van der Waals surface area (Å²) >= 11 is 0. The molecule has 1 N–H and O–H groups in total. The van der Waals surface area contributed by atoms with Crippen molar-refractivity contribution in [1.82, 2.24) is 0 Å². The van der Waals surface area contributed by atoms with Crippen LogP contribution in [-0.4, -0.2) is 17.5 Å². The molecule has 0 aromatic rings. The highest BCUT2D eigenvalue weighted by atomic mass is 16.6. The Hall–Kier alpha value is -0.0800. The summed E-state index contributed by atoms with van der Waals surface area (Å²) in [6, 6.07) is 0. The van der Waals surface area contributed by atoms with Crippen LogP contribution in [0.1, 0.15) is 25.7 Å². The van der Waals surface area contributed by atoms with Gasteiger partial charge in [0.1, 0.15) is 0 Å². The van der Waals surface area contributed by atoms with Crippen LogP contribution in [0.3, 0.4) is 0 Å². The lowest BCUT2D eigenvalue weighted by atomic mass is 10.3. The van der Waals surface area contributed by atoms with Crippen molar-refractivity contribution in [3.8, 4) is 0 Å². The van der Waals surface area contributed by atoms with Crippen LogP contribution in [0.5, 0.6) is 0 Å². The molecular weight excluding hydrogens is 116 g/mol. The summed E-state index contributed by atoms with van der Waals surface area (Å²) in [5.74, 6) is 0. The SMILES string of the molecule is [CH2]C(O)OC1CCCC1. The molecule has 1 atom stereocenters. The van der Waals surface area contributed by atoms with Gasteiger partial charge in [0, 0.05) is 6.92 Å². The molecule has 0 aromatic heterocycles. The summed E-state index contributed by atoms with van der Waals surface area (Å²) in [7, 11) is 0. The lowest BCUT2D eigenvalue weighted by Crippen LogP contribution is -2.15. The van der Waals surface area contributed by atoms with Crippen LogP contribution in [0, 0.1) is 6.92 Å². The first-order valence-corrected chi connectivity index (χ1v) is 3.45. The van der Waals surface area contributed by atoms with E-state index in [0.717, 1.165) is 12.8 Å². The first-order valence-electron chi connectivity index (χ1n) is 3.45. The van der Waals surface area contributed by atoms with E-state index in [4.69, 9.17) is 9.84 Å². The summed E-state index contributed by atoms with van der Waals surface area (Å²) in [6.07, 6.45) is 4.10. The third-order valence-corrected chi connectivity index (χ3v) is 1.65. The number of aliphatic hydroxyl groups excluding tert-OH is 1. The van der Waals surface area contributed by atoms with Crippen molar-refractivity contribution < 1.29 is 9.84 Å². The highest BCUT2D eigenvalue weighted by Gasteiger charge is 2.16. The van der Waals surface area contributed by atoms with Gasteiger partial charge >= 0.3 is 0 Å². The van der Waals surface area contributed by atoms with Crippen LogP contribution in [0.2, 0.25) is 0 Å². The zero-order valence-electron chi connectivity index (χ0n) is 5.55. The summed E-state index contributed by atoms with van der Waals surface area (Å²) in [5, 5.41) is 8.68. The quantitative estimate of drug-likeness (QED) is 0.566. The average Bonchev–Trinajstić information content (AvgIpc) is 2.15. The molecule has 1 unspecified atom stereocenters. The smallest absolute Gasteiger partial charge is 0.155 e. The Morgan fingerprint density at radius 1 is 1.44 bits per heavy atom. The summed E-state index contributed by atoms with van der Waals surface area (Å²) in [4.78, 5) is 0. The first-order chi connectivity index (χ1) is 4.29. The molecule has 2 nitrogen and oxygen atoms in total. The predicted octanol–water partition coefficient (Wildman–Crippen LogP) is 1.10. The van der Waals surface area contributed by atoms with E-state index >= 15 is 0 Å².